The van der Waals surface area contributed by atoms with Crippen LogP contribution in [0.25, 0.3) is 0 Å². The number of carbonyl (C=O) groups is 3. The minimum Gasteiger partial charge on any atom is -0.351 e. The number of nitrogens with one attached hydrogen (secondary N) is 3. The van der Waals surface area contributed by atoms with Crippen LogP contribution < -0.4 is 16.0 Å². The molecule has 0 unspecified atom stereocenters. The van der Waals surface area contributed by atoms with Gasteiger partial charge in [-0.3, -0.25) is 14.9 Å². The van der Waals surface area contributed by atoms with Crippen LogP contribution in [0.15, 0.2) is 12.1 Å². The molecular weight excluding hydrogens is 266 g/mol. The summed E-state index contributed by atoms with van der Waals surface area (Å²) in [5.74, 6) is -0.710. The fraction of sp³-hybridized carbons (Fsp3) is 0.417. The van der Waals surface area contributed by atoms with Gasteiger partial charge in [-0.25, -0.2) is 4.79 Å². The van der Waals surface area contributed by atoms with E-state index in [9.17, 15) is 14.4 Å². The van der Waals surface area contributed by atoms with Gasteiger partial charge in [-0.2, -0.15) is 0 Å². The van der Waals surface area contributed by atoms with Crippen molar-refractivity contribution >= 4 is 29.2 Å². The summed E-state index contributed by atoms with van der Waals surface area (Å²) in [7, 11) is 0. The maximum Gasteiger partial charge on any atom is 0.322 e. The van der Waals surface area contributed by atoms with E-state index in [2.05, 4.69) is 22.9 Å². The van der Waals surface area contributed by atoms with Gasteiger partial charge in [0.1, 0.15) is 6.04 Å². The average molecular weight is 281 g/mol. The molecule has 6 nitrogen and oxygen atoms in total. The fourth-order valence-corrected chi connectivity index (χ4v) is 2.65. The molecule has 2 heterocycles. The zero-order valence-corrected chi connectivity index (χ0v) is 11.3. The van der Waals surface area contributed by atoms with Crippen LogP contribution >= 0.6 is 11.3 Å². The molecule has 2 rings (SSSR count). The predicted octanol–water partition coefficient (Wildman–Crippen LogP) is 0.525. The maximum absolute atomic E-state index is 11.7. The highest BCUT2D eigenvalue weighted by Gasteiger charge is 2.31. The van der Waals surface area contributed by atoms with Crippen LogP contribution in [-0.4, -0.2) is 23.9 Å². The Morgan fingerprint density at radius 3 is 2.68 bits per heavy atom. The SMILES string of the molecule is CCc1ccc(CNC(=O)C[C@@H]2NC(=O)NC2=O)s1. The van der Waals surface area contributed by atoms with Gasteiger partial charge in [0.15, 0.2) is 0 Å². The van der Waals surface area contributed by atoms with Crippen molar-refractivity contribution in [2.75, 3.05) is 0 Å². The highest BCUT2D eigenvalue weighted by molar-refractivity contribution is 7.11. The molecule has 0 aromatic carbocycles. The second kappa shape index (κ2) is 5.83. The normalized spacial score (nSPS) is 18.1. The van der Waals surface area contributed by atoms with Crippen LogP contribution in [0.2, 0.25) is 0 Å². The second-order valence-corrected chi connectivity index (χ2v) is 5.47. The Labute approximate surface area is 114 Å². The van der Waals surface area contributed by atoms with Crippen molar-refractivity contribution in [2.45, 2.75) is 32.4 Å². The number of hydrogen-bond acceptors (Lipinski definition) is 4. The van der Waals surface area contributed by atoms with E-state index in [1.54, 1.807) is 11.3 Å². The first kappa shape index (κ1) is 13.5. The Morgan fingerprint density at radius 2 is 2.11 bits per heavy atom. The van der Waals surface area contributed by atoms with E-state index in [1.807, 2.05) is 12.1 Å². The van der Waals surface area contributed by atoms with Crippen LogP contribution in [-0.2, 0) is 22.6 Å². The van der Waals surface area contributed by atoms with Gasteiger partial charge < -0.3 is 10.6 Å². The molecule has 0 aliphatic carbocycles. The van der Waals surface area contributed by atoms with Gasteiger partial charge in [-0.1, -0.05) is 6.92 Å². The molecule has 3 N–H and O–H groups in total. The van der Waals surface area contributed by atoms with E-state index in [-0.39, 0.29) is 12.3 Å². The van der Waals surface area contributed by atoms with E-state index in [1.165, 1.54) is 4.88 Å². The Hall–Kier alpha value is -1.89. The lowest BCUT2D eigenvalue weighted by Crippen LogP contribution is -2.35. The van der Waals surface area contributed by atoms with Crippen LogP contribution in [0.1, 0.15) is 23.1 Å². The van der Waals surface area contributed by atoms with E-state index in [0.29, 0.717) is 6.54 Å². The molecule has 4 amide bonds. The van der Waals surface area contributed by atoms with E-state index in [0.717, 1.165) is 11.3 Å². The van der Waals surface area contributed by atoms with Gasteiger partial charge in [0, 0.05) is 9.75 Å². The van der Waals surface area contributed by atoms with Crippen molar-refractivity contribution in [3.8, 4) is 0 Å². The summed E-state index contributed by atoms with van der Waals surface area (Å²) in [5.41, 5.74) is 0. The number of thiophene rings is 1. The molecule has 7 heteroatoms. The standard InChI is InChI=1S/C12H15N3O3S/c1-2-7-3-4-8(19-7)6-13-10(16)5-9-11(17)15-12(18)14-9/h3-4,9H,2,5-6H2,1H3,(H,13,16)(H2,14,15,17,18)/t9-/m0/s1. The van der Waals surface area contributed by atoms with Gasteiger partial charge in [0.05, 0.1) is 13.0 Å². The molecule has 1 aromatic rings. The number of imide groups is 1. The minimum absolute atomic E-state index is 0.0381. The molecule has 1 fully saturated rings. The van der Waals surface area contributed by atoms with Crippen molar-refractivity contribution in [3.63, 3.8) is 0 Å². The number of hydrogen-bond donors (Lipinski definition) is 3. The molecule has 1 aliphatic heterocycles. The van der Waals surface area contributed by atoms with Crippen LogP contribution in [0.4, 0.5) is 4.79 Å². The first-order valence-electron chi connectivity index (χ1n) is 6.04. The number of carbonyl (C=O) groups excluding carboxylic acids is 3. The molecule has 0 radical (unpaired) electrons. The van der Waals surface area contributed by atoms with E-state index < -0.39 is 18.0 Å². The van der Waals surface area contributed by atoms with Crippen molar-refractivity contribution in [1.29, 1.82) is 0 Å². The Bertz CT molecular complexity index is 512. The van der Waals surface area contributed by atoms with Gasteiger partial charge in [-0.05, 0) is 18.6 Å². The van der Waals surface area contributed by atoms with Crippen LogP contribution in [0.5, 0.6) is 0 Å². The quantitative estimate of drug-likeness (QED) is 0.688. The Kier molecular flexibility index (Phi) is 4.16. The van der Waals surface area contributed by atoms with Gasteiger partial charge in [0.25, 0.3) is 5.91 Å². The lowest BCUT2D eigenvalue weighted by atomic mass is 10.2. The summed E-state index contributed by atoms with van der Waals surface area (Å²) in [6.07, 6.45) is 0.941. The summed E-state index contributed by atoms with van der Waals surface area (Å²) in [4.78, 5) is 36.2. The first-order chi connectivity index (χ1) is 9.08. The monoisotopic (exact) mass is 281 g/mol. The topological polar surface area (TPSA) is 87.3 Å². The van der Waals surface area contributed by atoms with Gasteiger partial charge >= 0.3 is 6.03 Å². The molecule has 0 bridgehead atoms. The molecule has 1 aromatic heterocycles. The third-order valence-electron chi connectivity index (χ3n) is 2.77. The van der Waals surface area contributed by atoms with Crippen LogP contribution in [0, 0.1) is 0 Å². The number of urea groups is 1. The predicted molar refractivity (Wildman–Crippen MR) is 70.6 cm³/mol. The van der Waals surface area contributed by atoms with Gasteiger partial charge in [-0.15, -0.1) is 11.3 Å². The largest absolute Gasteiger partial charge is 0.351 e. The number of amides is 4. The van der Waals surface area contributed by atoms with E-state index in [4.69, 9.17) is 0 Å². The third-order valence-corrected chi connectivity index (χ3v) is 4.00. The number of rotatable bonds is 5. The average Bonchev–Trinajstić information content (AvgIpc) is 2.94. The molecule has 1 atom stereocenters. The molecule has 0 spiro atoms. The summed E-state index contributed by atoms with van der Waals surface area (Å²) in [6, 6.07) is 2.71. The third kappa shape index (κ3) is 3.54. The zero-order chi connectivity index (χ0) is 13.8. The molecule has 1 saturated heterocycles. The fourth-order valence-electron chi connectivity index (χ4n) is 1.75. The lowest BCUT2D eigenvalue weighted by molar-refractivity contribution is -0.126. The van der Waals surface area contributed by atoms with E-state index >= 15 is 0 Å². The minimum atomic E-state index is -0.762. The van der Waals surface area contributed by atoms with Gasteiger partial charge in [0.2, 0.25) is 5.91 Å². The highest BCUT2D eigenvalue weighted by Crippen LogP contribution is 2.16. The Balaban J connectivity index is 1.78. The summed E-state index contributed by atoms with van der Waals surface area (Å²) >= 11 is 1.65. The van der Waals surface area contributed by atoms with Crippen molar-refractivity contribution < 1.29 is 14.4 Å². The summed E-state index contributed by atoms with van der Waals surface area (Å²) in [6.45, 7) is 2.53. The lowest BCUT2D eigenvalue weighted by Gasteiger charge is -2.07. The molecule has 19 heavy (non-hydrogen) atoms. The first-order valence-corrected chi connectivity index (χ1v) is 6.85. The van der Waals surface area contributed by atoms with Crippen molar-refractivity contribution in [2.24, 2.45) is 0 Å². The molecule has 0 saturated carbocycles. The summed E-state index contributed by atoms with van der Waals surface area (Å²) in [5, 5.41) is 7.22. The molecular formula is C12H15N3O3S. The van der Waals surface area contributed by atoms with Crippen molar-refractivity contribution in [3.05, 3.63) is 21.9 Å². The van der Waals surface area contributed by atoms with Crippen LogP contribution in [0.3, 0.4) is 0 Å². The number of aryl methyl sites for hydroxylation is 1. The van der Waals surface area contributed by atoms with Crippen molar-refractivity contribution in [1.82, 2.24) is 16.0 Å². The zero-order valence-electron chi connectivity index (χ0n) is 10.5. The molecule has 102 valence electrons. The second-order valence-electron chi connectivity index (χ2n) is 4.22. The molecule has 1 aliphatic rings. The summed E-state index contributed by atoms with van der Waals surface area (Å²) < 4.78 is 0. The highest BCUT2D eigenvalue weighted by atomic mass is 32.1. The maximum atomic E-state index is 11.7. The smallest absolute Gasteiger partial charge is 0.322 e. The Morgan fingerprint density at radius 1 is 1.37 bits per heavy atom.